The van der Waals surface area contributed by atoms with E-state index < -0.39 is 6.04 Å². The molecule has 1 aromatic heterocycles. The Morgan fingerprint density at radius 3 is 2.68 bits per heavy atom. The Bertz CT molecular complexity index is 956. The normalized spacial score (nSPS) is 20.1. The van der Waals surface area contributed by atoms with Gasteiger partial charge in [-0.3, -0.25) is 9.48 Å². The predicted molar refractivity (Wildman–Crippen MR) is 105 cm³/mol. The molecule has 2 N–H and O–H groups in total. The number of amides is 1. The van der Waals surface area contributed by atoms with E-state index in [4.69, 9.17) is 0 Å². The Morgan fingerprint density at radius 2 is 1.96 bits per heavy atom. The number of carbonyl (C=O) groups excluding carboxylic acids is 1. The van der Waals surface area contributed by atoms with E-state index in [2.05, 4.69) is 15.7 Å². The van der Waals surface area contributed by atoms with Gasteiger partial charge in [-0.15, -0.1) is 0 Å². The van der Waals surface area contributed by atoms with Crippen LogP contribution in [0.2, 0.25) is 0 Å². The molecule has 3 aromatic rings. The second-order valence-corrected chi connectivity index (χ2v) is 7.23. The first-order chi connectivity index (χ1) is 13.6. The zero-order valence-corrected chi connectivity index (χ0v) is 15.7. The minimum atomic E-state index is -0.403. The molecule has 1 aliphatic heterocycles. The molecule has 28 heavy (non-hydrogen) atoms. The van der Waals surface area contributed by atoms with Crippen LogP contribution in [0, 0.1) is 11.7 Å². The Morgan fingerprint density at radius 1 is 1.18 bits per heavy atom. The third-order valence-corrected chi connectivity index (χ3v) is 5.31. The zero-order valence-electron chi connectivity index (χ0n) is 15.7. The Labute approximate surface area is 163 Å². The molecule has 1 unspecified atom stereocenters. The molecule has 3 atom stereocenters. The van der Waals surface area contributed by atoms with E-state index in [-0.39, 0.29) is 23.6 Å². The third-order valence-electron chi connectivity index (χ3n) is 5.31. The first kappa shape index (κ1) is 18.4. The molecule has 1 fully saturated rings. The van der Waals surface area contributed by atoms with Gasteiger partial charge in [0.1, 0.15) is 5.82 Å². The van der Waals surface area contributed by atoms with Gasteiger partial charge >= 0.3 is 0 Å². The van der Waals surface area contributed by atoms with Crippen molar-refractivity contribution in [2.75, 3.05) is 13.1 Å². The maximum atomic E-state index is 13.8. The average Bonchev–Trinajstić information content (AvgIpc) is 3.35. The number of halogens is 1. The van der Waals surface area contributed by atoms with Crippen LogP contribution in [0.1, 0.15) is 28.7 Å². The van der Waals surface area contributed by atoms with E-state index in [1.54, 1.807) is 10.7 Å². The average molecular weight is 378 g/mol. The smallest absolute Gasteiger partial charge is 0.225 e. The largest absolute Gasteiger partial charge is 0.345 e. The van der Waals surface area contributed by atoms with Crippen molar-refractivity contribution in [3.05, 3.63) is 89.5 Å². The number of benzene rings is 2. The van der Waals surface area contributed by atoms with Crippen LogP contribution in [0.4, 0.5) is 4.39 Å². The van der Waals surface area contributed by atoms with Crippen LogP contribution in [0.25, 0.3) is 0 Å². The highest BCUT2D eigenvalue weighted by Gasteiger charge is 2.35. The molecular weight excluding hydrogens is 355 g/mol. The lowest BCUT2D eigenvalue weighted by Gasteiger charge is -2.24. The van der Waals surface area contributed by atoms with Crippen LogP contribution < -0.4 is 10.6 Å². The van der Waals surface area contributed by atoms with Gasteiger partial charge in [0.15, 0.2) is 0 Å². The van der Waals surface area contributed by atoms with E-state index >= 15 is 0 Å². The third kappa shape index (κ3) is 3.82. The van der Waals surface area contributed by atoms with Crippen LogP contribution in [0.15, 0.2) is 67.0 Å². The summed E-state index contributed by atoms with van der Waals surface area (Å²) >= 11 is 0. The Balaban J connectivity index is 1.60. The summed E-state index contributed by atoms with van der Waals surface area (Å²) in [6, 6.07) is 15.6. The van der Waals surface area contributed by atoms with Crippen LogP contribution in [0.5, 0.6) is 0 Å². The highest BCUT2D eigenvalue weighted by molar-refractivity contribution is 5.81. The van der Waals surface area contributed by atoms with Gasteiger partial charge in [-0.25, -0.2) is 4.39 Å². The maximum absolute atomic E-state index is 13.8. The molecule has 0 aliphatic carbocycles. The lowest BCUT2D eigenvalue weighted by molar-refractivity contribution is -0.125. The highest BCUT2D eigenvalue weighted by Crippen LogP contribution is 2.30. The number of carbonyl (C=O) groups is 1. The lowest BCUT2D eigenvalue weighted by Crippen LogP contribution is -2.37. The van der Waals surface area contributed by atoms with Gasteiger partial charge in [0.25, 0.3) is 0 Å². The minimum Gasteiger partial charge on any atom is -0.345 e. The highest BCUT2D eigenvalue weighted by atomic mass is 19.1. The number of nitrogens with zero attached hydrogens (tertiary/aromatic N) is 2. The zero-order chi connectivity index (χ0) is 19.5. The number of hydrogen-bond donors (Lipinski definition) is 2. The van der Waals surface area contributed by atoms with E-state index in [9.17, 15) is 9.18 Å². The molecule has 144 valence electrons. The Kier molecular flexibility index (Phi) is 5.21. The van der Waals surface area contributed by atoms with E-state index in [1.807, 2.05) is 55.8 Å². The van der Waals surface area contributed by atoms with E-state index in [0.29, 0.717) is 6.54 Å². The minimum absolute atomic E-state index is 0.0445. The monoisotopic (exact) mass is 378 g/mol. The molecule has 0 radical (unpaired) electrons. The summed E-state index contributed by atoms with van der Waals surface area (Å²) in [5.41, 5.74) is 2.70. The summed E-state index contributed by atoms with van der Waals surface area (Å²) < 4.78 is 15.6. The SMILES string of the molecule is Cn1cc([C@H]2CNC[C@@H]2C(=O)NC(c2ccccc2)c2cccc(F)c2)cn1. The quantitative estimate of drug-likeness (QED) is 0.718. The van der Waals surface area contributed by atoms with E-state index in [0.717, 1.165) is 23.2 Å². The Hall–Kier alpha value is -2.99. The molecule has 1 aliphatic rings. The molecule has 1 amide bonds. The maximum Gasteiger partial charge on any atom is 0.225 e. The van der Waals surface area contributed by atoms with Gasteiger partial charge in [0, 0.05) is 32.3 Å². The van der Waals surface area contributed by atoms with Gasteiger partial charge in [0.05, 0.1) is 18.2 Å². The molecule has 4 rings (SSSR count). The topological polar surface area (TPSA) is 59.0 Å². The summed E-state index contributed by atoms with van der Waals surface area (Å²) in [5, 5.41) is 10.7. The summed E-state index contributed by atoms with van der Waals surface area (Å²) in [6.45, 7) is 1.34. The van der Waals surface area contributed by atoms with Crippen LogP contribution in [0.3, 0.4) is 0 Å². The first-order valence-corrected chi connectivity index (χ1v) is 9.42. The summed E-state index contributed by atoms with van der Waals surface area (Å²) in [7, 11) is 1.87. The number of nitrogens with one attached hydrogen (secondary N) is 2. The lowest BCUT2D eigenvalue weighted by atomic mass is 9.89. The van der Waals surface area contributed by atoms with Crippen molar-refractivity contribution < 1.29 is 9.18 Å². The molecule has 0 saturated carbocycles. The standard InChI is InChI=1S/C22H23FN4O/c1-27-14-17(11-25-27)19-12-24-13-20(19)22(28)26-21(15-6-3-2-4-7-15)16-8-5-9-18(23)10-16/h2-11,14,19-21,24H,12-13H2,1H3,(H,26,28)/t19-,20+,21?/m1/s1. The molecule has 0 spiro atoms. The predicted octanol–water partition coefficient (Wildman–Crippen LogP) is 2.77. The number of aryl methyl sites for hydroxylation is 1. The van der Waals surface area contributed by atoms with Gasteiger partial charge in [-0.1, -0.05) is 42.5 Å². The van der Waals surface area contributed by atoms with Crippen molar-refractivity contribution in [3.63, 3.8) is 0 Å². The van der Waals surface area contributed by atoms with Gasteiger partial charge in [0.2, 0.25) is 5.91 Å². The van der Waals surface area contributed by atoms with Crippen molar-refractivity contribution in [2.45, 2.75) is 12.0 Å². The van der Waals surface area contributed by atoms with Gasteiger partial charge < -0.3 is 10.6 Å². The second kappa shape index (κ2) is 7.94. The molecule has 2 heterocycles. The number of aromatic nitrogens is 2. The fourth-order valence-electron chi connectivity index (χ4n) is 3.88. The van der Waals surface area contributed by atoms with Crippen LogP contribution in [-0.4, -0.2) is 28.8 Å². The van der Waals surface area contributed by atoms with E-state index in [1.165, 1.54) is 12.1 Å². The molecule has 0 bridgehead atoms. The van der Waals surface area contributed by atoms with Crippen molar-refractivity contribution >= 4 is 5.91 Å². The molecular formula is C22H23FN4O. The van der Waals surface area contributed by atoms with Crippen LogP contribution >= 0.6 is 0 Å². The summed E-state index contributed by atoms with van der Waals surface area (Å²) in [4.78, 5) is 13.2. The van der Waals surface area contributed by atoms with Crippen LogP contribution in [-0.2, 0) is 11.8 Å². The van der Waals surface area contributed by atoms with Gasteiger partial charge in [-0.2, -0.15) is 5.10 Å². The van der Waals surface area contributed by atoms with Crippen molar-refractivity contribution in [3.8, 4) is 0 Å². The summed E-state index contributed by atoms with van der Waals surface area (Å²) in [6.07, 6.45) is 3.78. The number of rotatable bonds is 5. The second-order valence-electron chi connectivity index (χ2n) is 7.23. The summed E-state index contributed by atoms with van der Waals surface area (Å²) in [5.74, 6) is -0.498. The molecule has 6 heteroatoms. The van der Waals surface area contributed by atoms with Crippen molar-refractivity contribution in [1.82, 2.24) is 20.4 Å². The fourth-order valence-corrected chi connectivity index (χ4v) is 3.88. The fraction of sp³-hybridized carbons (Fsp3) is 0.273. The number of hydrogen-bond acceptors (Lipinski definition) is 3. The molecule has 1 saturated heterocycles. The van der Waals surface area contributed by atoms with Crippen molar-refractivity contribution in [2.24, 2.45) is 13.0 Å². The van der Waals surface area contributed by atoms with Crippen molar-refractivity contribution in [1.29, 1.82) is 0 Å². The first-order valence-electron chi connectivity index (χ1n) is 9.42. The molecule has 2 aromatic carbocycles. The van der Waals surface area contributed by atoms with Gasteiger partial charge in [-0.05, 0) is 28.8 Å². The molecule has 5 nitrogen and oxygen atoms in total.